The first kappa shape index (κ1) is 15.0. The van der Waals surface area contributed by atoms with Gasteiger partial charge in [0.15, 0.2) is 0 Å². The Morgan fingerprint density at radius 2 is 2.20 bits per heavy atom. The van der Waals surface area contributed by atoms with Gasteiger partial charge in [-0.3, -0.25) is 4.79 Å². The fraction of sp³-hybridized carbons (Fsp3) is 0.733. The van der Waals surface area contributed by atoms with Crippen LogP contribution in [0.4, 0.5) is 0 Å². The van der Waals surface area contributed by atoms with Crippen LogP contribution >= 0.6 is 0 Å². The number of nitrogens with zero attached hydrogens (tertiary/aromatic N) is 2. The molecule has 0 aliphatic carbocycles. The summed E-state index contributed by atoms with van der Waals surface area (Å²) in [5, 5.41) is 3.19. The summed E-state index contributed by atoms with van der Waals surface area (Å²) in [6.45, 7) is 8.34. The maximum Gasteiger partial charge on any atom is 0.223 e. The molecule has 112 valence electrons. The third-order valence-electron chi connectivity index (χ3n) is 3.93. The number of rotatable bonds is 5. The van der Waals surface area contributed by atoms with E-state index < -0.39 is 0 Å². The molecule has 1 fully saturated rings. The quantitative estimate of drug-likeness (QED) is 0.898. The molecule has 0 bridgehead atoms. The van der Waals surface area contributed by atoms with Crippen molar-refractivity contribution in [3.8, 4) is 0 Å². The lowest BCUT2D eigenvalue weighted by Crippen LogP contribution is -2.39. The van der Waals surface area contributed by atoms with E-state index in [0.29, 0.717) is 5.92 Å². The Morgan fingerprint density at radius 1 is 1.50 bits per heavy atom. The molecular weight excluding hydrogens is 254 g/mol. The van der Waals surface area contributed by atoms with E-state index in [1.54, 1.807) is 0 Å². The van der Waals surface area contributed by atoms with Crippen molar-refractivity contribution in [2.45, 2.75) is 46.2 Å². The Morgan fingerprint density at radius 3 is 2.80 bits per heavy atom. The summed E-state index contributed by atoms with van der Waals surface area (Å²) in [6.07, 6.45) is 5.73. The fourth-order valence-corrected chi connectivity index (χ4v) is 2.63. The zero-order valence-electron chi connectivity index (χ0n) is 12.6. The highest BCUT2D eigenvalue weighted by atomic mass is 16.5. The van der Waals surface area contributed by atoms with Crippen molar-refractivity contribution in [1.29, 1.82) is 0 Å². The van der Waals surface area contributed by atoms with Crippen molar-refractivity contribution in [2.24, 2.45) is 11.8 Å². The van der Waals surface area contributed by atoms with Crippen molar-refractivity contribution in [3.63, 3.8) is 0 Å². The van der Waals surface area contributed by atoms with E-state index in [9.17, 15) is 4.79 Å². The predicted octanol–water partition coefficient (Wildman–Crippen LogP) is 2.14. The Bertz CT molecular complexity index is 436. The van der Waals surface area contributed by atoms with Gasteiger partial charge in [0.25, 0.3) is 0 Å². The van der Waals surface area contributed by atoms with Crippen molar-refractivity contribution < 1.29 is 9.53 Å². The summed E-state index contributed by atoms with van der Waals surface area (Å²) in [7, 11) is 0. The van der Waals surface area contributed by atoms with Crippen LogP contribution in [0.15, 0.2) is 12.4 Å². The molecule has 1 amide bonds. The number of carbonyl (C=O) groups is 1. The monoisotopic (exact) mass is 279 g/mol. The zero-order chi connectivity index (χ0) is 14.5. The molecule has 1 atom stereocenters. The molecule has 0 saturated carbocycles. The summed E-state index contributed by atoms with van der Waals surface area (Å²) in [5.74, 6) is 1.45. The molecule has 1 aliphatic heterocycles. The first-order chi connectivity index (χ1) is 9.63. The van der Waals surface area contributed by atoms with Crippen LogP contribution in [0, 0.1) is 11.8 Å². The standard InChI is InChI=1S/C15H25N3O2/c1-4-18-8-7-16-14(18)13(17-15(19)11(2)3)12-5-9-20-10-6-12/h7-8,11-13H,4-6,9-10H2,1-3H3,(H,17,19)/t13-/m1/s1. The van der Waals surface area contributed by atoms with Crippen molar-refractivity contribution in [1.82, 2.24) is 14.9 Å². The minimum atomic E-state index is -0.0117. The van der Waals surface area contributed by atoms with E-state index in [1.807, 2.05) is 26.2 Å². The number of aryl methyl sites for hydroxylation is 1. The van der Waals surface area contributed by atoms with E-state index >= 15 is 0 Å². The number of nitrogens with one attached hydrogen (secondary N) is 1. The number of amides is 1. The summed E-state index contributed by atoms with van der Waals surface area (Å²) in [5.41, 5.74) is 0. The number of ether oxygens (including phenoxy) is 1. The van der Waals surface area contributed by atoms with Gasteiger partial charge >= 0.3 is 0 Å². The molecule has 2 heterocycles. The largest absolute Gasteiger partial charge is 0.381 e. The van der Waals surface area contributed by atoms with Gasteiger partial charge in [0.1, 0.15) is 5.82 Å². The van der Waals surface area contributed by atoms with Gasteiger partial charge in [0, 0.05) is 38.1 Å². The third-order valence-corrected chi connectivity index (χ3v) is 3.93. The molecular formula is C15H25N3O2. The van der Waals surface area contributed by atoms with Gasteiger partial charge in [0.05, 0.1) is 6.04 Å². The van der Waals surface area contributed by atoms with Crippen molar-refractivity contribution >= 4 is 5.91 Å². The topological polar surface area (TPSA) is 56.2 Å². The average molecular weight is 279 g/mol. The predicted molar refractivity (Wildman–Crippen MR) is 77.2 cm³/mol. The van der Waals surface area contributed by atoms with E-state index in [-0.39, 0.29) is 17.9 Å². The van der Waals surface area contributed by atoms with Crippen LogP contribution in [0.2, 0.25) is 0 Å². The lowest BCUT2D eigenvalue weighted by atomic mass is 9.90. The Balaban J connectivity index is 2.21. The average Bonchev–Trinajstić information content (AvgIpc) is 2.93. The molecule has 20 heavy (non-hydrogen) atoms. The zero-order valence-corrected chi connectivity index (χ0v) is 12.6. The van der Waals surface area contributed by atoms with Gasteiger partial charge in [-0.05, 0) is 25.7 Å². The fourth-order valence-electron chi connectivity index (χ4n) is 2.63. The molecule has 1 aliphatic rings. The second-order valence-electron chi connectivity index (χ2n) is 5.66. The Labute approximate surface area is 120 Å². The second kappa shape index (κ2) is 6.88. The van der Waals surface area contributed by atoms with E-state index in [0.717, 1.165) is 38.4 Å². The van der Waals surface area contributed by atoms with Gasteiger partial charge in [0.2, 0.25) is 5.91 Å². The van der Waals surface area contributed by atoms with Crippen LogP contribution in [-0.2, 0) is 16.1 Å². The van der Waals surface area contributed by atoms with E-state index in [1.165, 1.54) is 0 Å². The van der Waals surface area contributed by atoms with Gasteiger partial charge in [-0.1, -0.05) is 13.8 Å². The molecule has 1 N–H and O–H groups in total. The maximum atomic E-state index is 12.1. The second-order valence-corrected chi connectivity index (χ2v) is 5.66. The highest BCUT2D eigenvalue weighted by Crippen LogP contribution is 2.29. The molecule has 1 saturated heterocycles. The molecule has 5 heteroatoms. The first-order valence-electron chi connectivity index (χ1n) is 7.52. The van der Waals surface area contributed by atoms with Crippen molar-refractivity contribution in [2.75, 3.05) is 13.2 Å². The summed E-state index contributed by atoms with van der Waals surface area (Å²) in [4.78, 5) is 16.6. The van der Waals surface area contributed by atoms with Crippen LogP contribution < -0.4 is 5.32 Å². The van der Waals surface area contributed by atoms with E-state index in [2.05, 4.69) is 21.8 Å². The third kappa shape index (κ3) is 3.39. The van der Waals surface area contributed by atoms with Crippen LogP contribution in [0.5, 0.6) is 0 Å². The number of hydrogen-bond donors (Lipinski definition) is 1. The lowest BCUT2D eigenvalue weighted by Gasteiger charge is -2.31. The molecule has 2 rings (SSSR count). The maximum absolute atomic E-state index is 12.1. The molecule has 1 aromatic heterocycles. The van der Waals surface area contributed by atoms with Crippen LogP contribution in [0.1, 0.15) is 45.5 Å². The lowest BCUT2D eigenvalue weighted by molar-refractivity contribution is -0.125. The highest BCUT2D eigenvalue weighted by molar-refractivity contribution is 5.78. The number of hydrogen-bond acceptors (Lipinski definition) is 3. The normalized spacial score (nSPS) is 18.2. The molecule has 5 nitrogen and oxygen atoms in total. The molecule has 0 aromatic carbocycles. The number of imidazole rings is 1. The van der Waals surface area contributed by atoms with Crippen LogP contribution in [0.25, 0.3) is 0 Å². The summed E-state index contributed by atoms with van der Waals surface area (Å²) < 4.78 is 7.55. The van der Waals surface area contributed by atoms with Gasteiger partial charge in [-0.2, -0.15) is 0 Å². The smallest absolute Gasteiger partial charge is 0.223 e. The molecule has 0 unspecified atom stereocenters. The molecule has 0 radical (unpaired) electrons. The summed E-state index contributed by atoms with van der Waals surface area (Å²) in [6, 6.07) is -0.0104. The SMILES string of the molecule is CCn1ccnc1[C@H](NC(=O)C(C)C)C1CCOCC1. The van der Waals surface area contributed by atoms with E-state index in [4.69, 9.17) is 4.74 Å². The Hall–Kier alpha value is -1.36. The summed E-state index contributed by atoms with van der Waals surface area (Å²) >= 11 is 0. The van der Waals surface area contributed by atoms with Crippen molar-refractivity contribution in [3.05, 3.63) is 18.2 Å². The van der Waals surface area contributed by atoms with Crippen LogP contribution in [0.3, 0.4) is 0 Å². The van der Waals surface area contributed by atoms with Gasteiger partial charge in [-0.25, -0.2) is 4.98 Å². The molecule has 1 aromatic rings. The first-order valence-corrected chi connectivity index (χ1v) is 7.52. The molecule has 0 spiro atoms. The minimum absolute atomic E-state index is 0.0104. The van der Waals surface area contributed by atoms with Gasteiger partial charge < -0.3 is 14.6 Å². The minimum Gasteiger partial charge on any atom is -0.381 e. The highest BCUT2D eigenvalue weighted by Gasteiger charge is 2.30. The van der Waals surface area contributed by atoms with Crippen LogP contribution in [-0.4, -0.2) is 28.7 Å². The number of carbonyl (C=O) groups excluding carboxylic acids is 1. The Kier molecular flexibility index (Phi) is 5.17. The van der Waals surface area contributed by atoms with Gasteiger partial charge in [-0.15, -0.1) is 0 Å². The number of aromatic nitrogens is 2.